The predicted molar refractivity (Wildman–Crippen MR) is 122 cm³/mol. The second kappa shape index (κ2) is 9.54. The number of aryl methyl sites for hydroxylation is 1. The van der Waals surface area contributed by atoms with Crippen LogP contribution in [-0.4, -0.2) is 68.8 Å². The molecule has 1 atom stereocenters. The number of aromatic nitrogens is 5. The third-order valence-electron chi connectivity index (χ3n) is 6.65. The van der Waals surface area contributed by atoms with E-state index in [1.165, 1.54) is 13.2 Å². The fraction of sp³-hybridized carbons (Fsp3) is 0.500. The third-order valence-corrected chi connectivity index (χ3v) is 6.65. The van der Waals surface area contributed by atoms with E-state index in [0.717, 1.165) is 55.0 Å². The van der Waals surface area contributed by atoms with Gasteiger partial charge in [0.05, 0.1) is 49.8 Å². The highest BCUT2D eigenvalue weighted by atomic mass is 19.1. The molecular weight excluding hydrogens is 439 g/mol. The molecule has 0 N–H and O–H groups in total. The Morgan fingerprint density at radius 1 is 1.26 bits per heavy atom. The zero-order chi connectivity index (χ0) is 23.7. The van der Waals surface area contributed by atoms with Gasteiger partial charge in [0.25, 0.3) is 0 Å². The molecule has 3 aromatic heterocycles. The summed E-state index contributed by atoms with van der Waals surface area (Å²) in [5.41, 5.74) is 4.37. The van der Waals surface area contributed by atoms with Gasteiger partial charge in [0.1, 0.15) is 0 Å². The smallest absolute Gasteiger partial charge is 0.250 e. The highest BCUT2D eigenvalue weighted by Gasteiger charge is 2.28. The van der Waals surface area contributed by atoms with Crippen molar-refractivity contribution in [3.63, 3.8) is 0 Å². The predicted octanol–water partition coefficient (Wildman–Crippen LogP) is 2.65. The molecule has 2 aliphatic heterocycles. The largest absolute Gasteiger partial charge is 0.479 e. The molecule has 5 rings (SSSR count). The zero-order valence-electron chi connectivity index (χ0n) is 19.5. The van der Waals surface area contributed by atoms with Gasteiger partial charge in [0.2, 0.25) is 11.8 Å². The summed E-state index contributed by atoms with van der Waals surface area (Å²) in [6.07, 6.45) is 8.31. The molecule has 2 aliphatic rings. The van der Waals surface area contributed by atoms with E-state index in [9.17, 15) is 9.18 Å². The quantitative estimate of drug-likeness (QED) is 0.530. The van der Waals surface area contributed by atoms with E-state index in [1.807, 2.05) is 28.9 Å². The highest BCUT2D eigenvalue weighted by Crippen LogP contribution is 2.31. The van der Waals surface area contributed by atoms with Crippen molar-refractivity contribution in [2.45, 2.75) is 39.2 Å². The van der Waals surface area contributed by atoms with Gasteiger partial charge in [0.15, 0.2) is 5.82 Å². The van der Waals surface area contributed by atoms with Crippen molar-refractivity contribution in [2.75, 3.05) is 33.4 Å². The van der Waals surface area contributed by atoms with Crippen LogP contribution in [0, 0.1) is 11.7 Å². The third kappa shape index (κ3) is 4.29. The van der Waals surface area contributed by atoms with Crippen molar-refractivity contribution in [3.05, 3.63) is 41.7 Å². The van der Waals surface area contributed by atoms with E-state index >= 15 is 0 Å². The lowest BCUT2D eigenvalue weighted by Gasteiger charge is -2.13. The summed E-state index contributed by atoms with van der Waals surface area (Å²) in [6, 6.07) is 1.39. The number of fused-ring (bicyclic) bond motifs is 1. The lowest BCUT2D eigenvalue weighted by molar-refractivity contribution is -0.127. The first-order valence-electron chi connectivity index (χ1n) is 11.8. The number of nitrogens with zero attached hydrogens (tertiary/aromatic N) is 6. The number of carbonyl (C=O) groups is 1. The van der Waals surface area contributed by atoms with E-state index in [2.05, 4.69) is 10.1 Å². The van der Waals surface area contributed by atoms with E-state index in [-0.39, 0.29) is 11.8 Å². The van der Waals surface area contributed by atoms with Crippen LogP contribution < -0.4 is 4.74 Å². The van der Waals surface area contributed by atoms with Crippen LogP contribution in [0.5, 0.6) is 5.88 Å². The Labute approximate surface area is 197 Å². The second-order valence-electron chi connectivity index (χ2n) is 8.77. The number of hydrogen-bond acceptors (Lipinski definition) is 6. The Morgan fingerprint density at radius 2 is 2.12 bits per heavy atom. The van der Waals surface area contributed by atoms with Crippen LogP contribution in [0.1, 0.15) is 31.0 Å². The number of likely N-dealkylation sites (tertiary alicyclic amines) is 1. The van der Waals surface area contributed by atoms with Crippen molar-refractivity contribution >= 4 is 5.91 Å². The molecule has 5 heterocycles. The fourth-order valence-corrected chi connectivity index (χ4v) is 4.85. The number of carbonyl (C=O) groups excluding carboxylic acids is 1. The number of pyridine rings is 1. The summed E-state index contributed by atoms with van der Waals surface area (Å²) in [5.74, 6) is 0.0344. The first kappa shape index (κ1) is 22.5. The number of ether oxygens (including phenoxy) is 2. The lowest BCUT2D eigenvalue weighted by atomic mass is 10.0. The zero-order valence-corrected chi connectivity index (χ0v) is 19.5. The van der Waals surface area contributed by atoms with Gasteiger partial charge in [0, 0.05) is 55.9 Å². The Bertz CT molecular complexity index is 1190. The molecular formula is C24H29FN6O3. The summed E-state index contributed by atoms with van der Waals surface area (Å²) in [6.45, 7) is 5.55. The van der Waals surface area contributed by atoms with Gasteiger partial charge in [-0.1, -0.05) is 0 Å². The monoisotopic (exact) mass is 468 g/mol. The standard InChI is InChI=1S/C24H29FN6O3/c1-3-29-14-16(10-22(29)32)4-7-30-15-17(12-27-30)23-19-5-8-34-9-6-21(19)31(28-23)18-11-20(25)24(33-2)26-13-18/h11-13,15-16H,3-10,14H2,1-2H3. The minimum absolute atomic E-state index is 0.0437. The number of halogens is 1. The van der Waals surface area contributed by atoms with Gasteiger partial charge in [-0.25, -0.2) is 14.1 Å². The topological polar surface area (TPSA) is 87.3 Å². The van der Waals surface area contributed by atoms with E-state index in [0.29, 0.717) is 37.7 Å². The van der Waals surface area contributed by atoms with E-state index in [1.54, 1.807) is 10.9 Å². The fourth-order valence-electron chi connectivity index (χ4n) is 4.85. The van der Waals surface area contributed by atoms with Crippen LogP contribution in [0.15, 0.2) is 24.7 Å². The maximum atomic E-state index is 14.4. The van der Waals surface area contributed by atoms with Gasteiger partial charge in [-0.05, 0) is 25.7 Å². The van der Waals surface area contributed by atoms with Crippen LogP contribution in [0.4, 0.5) is 4.39 Å². The summed E-state index contributed by atoms with van der Waals surface area (Å²) in [4.78, 5) is 18.0. The minimum atomic E-state index is -0.532. The molecule has 34 heavy (non-hydrogen) atoms. The number of methoxy groups -OCH3 is 1. The first-order valence-corrected chi connectivity index (χ1v) is 11.8. The summed E-state index contributed by atoms with van der Waals surface area (Å²) in [7, 11) is 1.39. The van der Waals surface area contributed by atoms with E-state index < -0.39 is 5.82 Å². The maximum Gasteiger partial charge on any atom is 0.250 e. The Balaban J connectivity index is 1.40. The summed E-state index contributed by atoms with van der Waals surface area (Å²) in [5, 5.41) is 9.41. The summed E-state index contributed by atoms with van der Waals surface area (Å²) >= 11 is 0. The molecule has 0 aromatic carbocycles. The Kier molecular flexibility index (Phi) is 6.32. The van der Waals surface area contributed by atoms with Crippen LogP contribution in [0.3, 0.4) is 0 Å². The number of rotatable bonds is 7. The molecule has 1 saturated heterocycles. The first-order chi connectivity index (χ1) is 16.6. The molecule has 0 aliphatic carbocycles. The number of amides is 1. The van der Waals surface area contributed by atoms with Gasteiger partial charge in [-0.2, -0.15) is 10.2 Å². The molecule has 9 nitrogen and oxygen atoms in total. The molecule has 1 unspecified atom stereocenters. The van der Waals surface area contributed by atoms with Gasteiger partial charge < -0.3 is 14.4 Å². The Morgan fingerprint density at radius 3 is 2.88 bits per heavy atom. The van der Waals surface area contributed by atoms with Crippen molar-refractivity contribution < 1.29 is 18.7 Å². The molecule has 1 fully saturated rings. The average molecular weight is 469 g/mol. The lowest BCUT2D eigenvalue weighted by Crippen LogP contribution is -2.24. The van der Waals surface area contributed by atoms with Gasteiger partial charge in [-0.3, -0.25) is 9.48 Å². The molecule has 0 saturated carbocycles. The van der Waals surface area contributed by atoms with Crippen molar-refractivity contribution in [1.82, 2.24) is 29.4 Å². The van der Waals surface area contributed by atoms with Crippen LogP contribution >= 0.6 is 0 Å². The number of hydrogen-bond donors (Lipinski definition) is 0. The molecule has 10 heteroatoms. The van der Waals surface area contributed by atoms with E-state index in [4.69, 9.17) is 14.6 Å². The van der Waals surface area contributed by atoms with Crippen molar-refractivity contribution in [1.29, 1.82) is 0 Å². The highest BCUT2D eigenvalue weighted by molar-refractivity contribution is 5.78. The van der Waals surface area contributed by atoms with Crippen LogP contribution in [0.2, 0.25) is 0 Å². The SMILES string of the molecule is CCN1CC(CCn2cc(-c3nn(-c4cnc(OC)c(F)c4)c4c3CCOCC4)cn2)CC1=O. The second-order valence-corrected chi connectivity index (χ2v) is 8.77. The summed E-state index contributed by atoms with van der Waals surface area (Å²) < 4.78 is 28.7. The van der Waals surface area contributed by atoms with Crippen molar-refractivity contribution in [3.8, 4) is 22.8 Å². The average Bonchev–Trinajstić information content (AvgIpc) is 3.49. The maximum absolute atomic E-state index is 14.4. The molecule has 3 aromatic rings. The molecule has 1 amide bonds. The normalized spacial score (nSPS) is 18.3. The molecule has 0 bridgehead atoms. The molecule has 180 valence electrons. The van der Waals surface area contributed by atoms with Gasteiger partial charge >= 0.3 is 0 Å². The minimum Gasteiger partial charge on any atom is -0.479 e. The molecule has 0 spiro atoms. The van der Waals surface area contributed by atoms with Crippen LogP contribution in [-0.2, 0) is 28.9 Å². The van der Waals surface area contributed by atoms with Crippen molar-refractivity contribution in [2.24, 2.45) is 5.92 Å². The molecule has 0 radical (unpaired) electrons. The van der Waals surface area contributed by atoms with Crippen LogP contribution in [0.25, 0.3) is 16.9 Å². The van der Waals surface area contributed by atoms with Gasteiger partial charge in [-0.15, -0.1) is 0 Å². The Hall–Kier alpha value is -3.27.